The lowest BCUT2D eigenvalue weighted by Crippen LogP contribution is -2.50. The van der Waals surface area contributed by atoms with Gasteiger partial charge in [0.1, 0.15) is 16.7 Å². The first-order valence-corrected chi connectivity index (χ1v) is 11.9. The Hall–Kier alpha value is -2.61. The van der Waals surface area contributed by atoms with Crippen LogP contribution in [0.4, 0.5) is 5.69 Å². The number of thioether (sulfide) groups is 1. The van der Waals surface area contributed by atoms with Crippen LogP contribution in [0.3, 0.4) is 0 Å². The maximum atomic E-state index is 13.1. The summed E-state index contributed by atoms with van der Waals surface area (Å²) < 4.78 is 6.32. The second-order valence-corrected chi connectivity index (χ2v) is 9.51. The van der Waals surface area contributed by atoms with E-state index in [4.69, 9.17) is 17.0 Å². The molecule has 2 heterocycles. The number of aryl methyl sites for hydroxylation is 1. The summed E-state index contributed by atoms with van der Waals surface area (Å²) in [6.07, 6.45) is 3.57. The van der Waals surface area contributed by atoms with Crippen LogP contribution in [0.1, 0.15) is 11.1 Å². The largest absolute Gasteiger partial charge is 0.489 e. The standard InChI is InChI=1S/C25H27N3O2S2/c1-3-16-30-22-7-5-4-6-20(22)17-23-24(29)28(25(31)32-23)18-26-12-14-27(15-13-26)21-10-8-19(2)9-11-21/h3-11,17H,1,12-16,18H2,2H3/b23-17-. The van der Waals surface area contributed by atoms with Crippen molar-refractivity contribution in [1.29, 1.82) is 0 Å². The molecule has 2 fully saturated rings. The third kappa shape index (κ3) is 5.23. The Balaban J connectivity index is 1.38. The number of benzene rings is 2. The van der Waals surface area contributed by atoms with Crippen molar-refractivity contribution in [2.24, 2.45) is 0 Å². The monoisotopic (exact) mass is 465 g/mol. The smallest absolute Gasteiger partial charge is 0.267 e. The number of anilines is 1. The molecule has 0 bridgehead atoms. The van der Waals surface area contributed by atoms with Gasteiger partial charge >= 0.3 is 0 Å². The Morgan fingerprint density at radius 1 is 1.09 bits per heavy atom. The van der Waals surface area contributed by atoms with E-state index in [1.807, 2.05) is 30.3 Å². The van der Waals surface area contributed by atoms with Gasteiger partial charge in [-0.05, 0) is 31.2 Å². The molecule has 0 radical (unpaired) electrons. The number of hydrogen-bond acceptors (Lipinski definition) is 6. The van der Waals surface area contributed by atoms with E-state index in [-0.39, 0.29) is 5.91 Å². The van der Waals surface area contributed by atoms with E-state index in [0.29, 0.717) is 22.5 Å². The number of amides is 1. The van der Waals surface area contributed by atoms with E-state index in [9.17, 15) is 4.79 Å². The normalized spacial score (nSPS) is 18.5. The number of para-hydroxylation sites is 1. The van der Waals surface area contributed by atoms with Crippen LogP contribution in [0, 0.1) is 6.92 Å². The summed E-state index contributed by atoms with van der Waals surface area (Å²) in [5, 5.41) is 0. The Morgan fingerprint density at radius 2 is 1.81 bits per heavy atom. The highest BCUT2D eigenvalue weighted by Gasteiger charge is 2.34. The van der Waals surface area contributed by atoms with E-state index >= 15 is 0 Å². The summed E-state index contributed by atoms with van der Waals surface area (Å²) in [6, 6.07) is 16.3. The fraction of sp³-hybridized carbons (Fsp3) is 0.280. The zero-order valence-corrected chi connectivity index (χ0v) is 19.8. The van der Waals surface area contributed by atoms with Crippen LogP contribution in [-0.4, -0.2) is 59.5 Å². The van der Waals surface area contributed by atoms with Gasteiger partial charge in [-0.15, -0.1) is 0 Å². The number of ether oxygens (including phenoxy) is 1. The molecule has 0 aliphatic carbocycles. The summed E-state index contributed by atoms with van der Waals surface area (Å²) in [5.41, 5.74) is 3.38. The molecule has 0 unspecified atom stereocenters. The van der Waals surface area contributed by atoms with Crippen LogP contribution in [0.2, 0.25) is 0 Å². The molecule has 2 aromatic carbocycles. The van der Waals surface area contributed by atoms with Crippen LogP contribution in [0.25, 0.3) is 6.08 Å². The Bertz CT molecular complexity index is 1030. The molecule has 166 valence electrons. The van der Waals surface area contributed by atoms with Gasteiger partial charge in [-0.1, -0.05) is 72.5 Å². The predicted molar refractivity (Wildman–Crippen MR) is 137 cm³/mol. The maximum Gasteiger partial charge on any atom is 0.267 e. The molecule has 0 N–H and O–H groups in total. The van der Waals surface area contributed by atoms with Crippen LogP contribution in [0.5, 0.6) is 5.75 Å². The van der Waals surface area contributed by atoms with Crippen LogP contribution < -0.4 is 9.64 Å². The summed E-state index contributed by atoms with van der Waals surface area (Å²) in [5.74, 6) is 0.685. The molecule has 0 saturated carbocycles. The number of rotatable bonds is 7. The summed E-state index contributed by atoms with van der Waals surface area (Å²) in [4.78, 5) is 20.1. The van der Waals surface area contributed by atoms with Crippen LogP contribution >= 0.6 is 24.0 Å². The van der Waals surface area contributed by atoms with Crippen molar-refractivity contribution in [3.63, 3.8) is 0 Å². The molecule has 2 aliphatic rings. The molecule has 2 aromatic rings. The molecule has 0 atom stereocenters. The van der Waals surface area contributed by atoms with E-state index in [1.165, 1.54) is 23.0 Å². The molecule has 2 saturated heterocycles. The molecule has 32 heavy (non-hydrogen) atoms. The second-order valence-electron chi connectivity index (χ2n) is 7.83. The van der Waals surface area contributed by atoms with Gasteiger partial charge in [0.25, 0.3) is 5.91 Å². The predicted octanol–water partition coefficient (Wildman–Crippen LogP) is 4.54. The van der Waals surface area contributed by atoms with E-state index in [2.05, 4.69) is 47.6 Å². The number of hydrogen-bond donors (Lipinski definition) is 0. The van der Waals surface area contributed by atoms with Crippen molar-refractivity contribution < 1.29 is 9.53 Å². The van der Waals surface area contributed by atoms with Gasteiger partial charge < -0.3 is 9.64 Å². The third-order valence-corrected chi connectivity index (χ3v) is 6.93. The third-order valence-electron chi connectivity index (χ3n) is 5.55. The molecule has 5 nitrogen and oxygen atoms in total. The van der Waals surface area contributed by atoms with Gasteiger partial charge in [-0.2, -0.15) is 0 Å². The van der Waals surface area contributed by atoms with E-state index in [0.717, 1.165) is 37.5 Å². The molecule has 1 amide bonds. The van der Waals surface area contributed by atoms with E-state index < -0.39 is 0 Å². The minimum absolute atomic E-state index is 0.0421. The van der Waals surface area contributed by atoms with Gasteiger partial charge in [0.2, 0.25) is 0 Å². The van der Waals surface area contributed by atoms with Gasteiger partial charge in [0.15, 0.2) is 0 Å². The highest BCUT2D eigenvalue weighted by Crippen LogP contribution is 2.34. The number of carbonyl (C=O) groups excluding carboxylic acids is 1. The number of carbonyl (C=O) groups is 1. The average molecular weight is 466 g/mol. The summed E-state index contributed by atoms with van der Waals surface area (Å²) in [6.45, 7) is 10.4. The van der Waals surface area contributed by atoms with E-state index in [1.54, 1.807) is 11.0 Å². The lowest BCUT2D eigenvalue weighted by molar-refractivity contribution is -0.123. The second kappa shape index (κ2) is 10.3. The molecule has 4 rings (SSSR count). The highest BCUT2D eigenvalue weighted by atomic mass is 32.2. The number of thiocarbonyl (C=S) groups is 1. The molecular formula is C25H27N3O2S2. The molecule has 0 spiro atoms. The number of piperazine rings is 1. The minimum atomic E-state index is -0.0421. The first-order valence-electron chi connectivity index (χ1n) is 10.7. The number of nitrogens with zero attached hydrogens (tertiary/aromatic N) is 3. The molecule has 2 aliphatic heterocycles. The first-order chi connectivity index (χ1) is 15.5. The fourth-order valence-electron chi connectivity index (χ4n) is 3.75. The zero-order chi connectivity index (χ0) is 22.5. The Labute approximate surface area is 199 Å². The van der Waals surface area contributed by atoms with Crippen molar-refractivity contribution in [2.75, 3.05) is 44.4 Å². The van der Waals surface area contributed by atoms with Crippen molar-refractivity contribution in [3.05, 3.63) is 77.2 Å². The molecular weight excluding hydrogens is 438 g/mol. The maximum absolute atomic E-state index is 13.1. The lowest BCUT2D eigenvalue weighted by atomic mass is 10.2. The van der Waals surface area contributed by atoms with Gasteiger partial charge in [0, 0.05) is 37.4 Å². The Kier molecular flexibility index (Phi) is 7.29. The SMILES string of the molecule is C=CCOc1ccccc1/C=C1\SC(=S)N(CN2CCN(c3ccc(C)cc3)CC2)C1=O. The fourth-order valence-corrected chi connectivity index (χ4v) is 4.98. The topological polar surface area (TPSA) is 36.0 Å². The molecule has 0 aromatic heterocycles. The molecule has 7 heteroatoms. The average Bonchev–Trinajstić information content (AvgIpc) is 3.07. The van der Waals surface area contributed by atoms with Crippen LogP contribution in [-0.2, 0) is 4.79 Å². The van der Waals surface area contributed by atoms with Crippen LogP contribution in [0.15, 0.2) is 66.1 Å². The Morgan fingerprint density at radius 3 is 2.53 bits per heavy atom. The lowest BCUT2D eigenvalue weighted by Gasteiger charge is -2.37. The van der Waals surface area contributed by atoms with Crippen molar-refractivity contribution in [1.82, 2.24) is 9.80 Å². The minimum Gasteiger partial charge on any atom is -0.489 e. The zero-order valence-electron chi connectivity index (χ0n) is 18.2. The highest BCUT2D eigenvalue weighted by molar-refractivity contribution is 8.26. The summed E-state index contributed by atoms with van der Waals surface area (Å²) in [7, 11) is 0. The van der Waals surface area contributed by atoms with Gasteiger partial charge in [0.05, 0.1) is 11.6 Å². The summed E-state index contributed by atoms with van der Waals surface area (Å²) >= 11 is 6.89. The van der Waals surface area contributed by atoms with Gasteiger partial charge in [-0.3, -0.25) is 14.6 Å². The first kappa shape index (κ1) is 22.6. The van der Waals surface area contributed by atoms with Crippen molar-refractivity contribution >= 4 is 46.0 Å². The quantitative estimate of drug-likeness (QED) is 0.339. The van der Waals surface area contributed by atoms with Gasteiger partial charge in [-0.25, -0.2) is 0 Å². The van der Waals surface area contributed by atoms with Crippen molar-refractivity contribution in [3.8, 4) is 5.75 Å². The van der Waals surface area contributed by atoms with Crippen molar-refractivity contribution in [2.45, 2.75) is 6.92 Å².